The van der Waals surface area contributed by atoms with E-state index in [-0.39, 0.29) is 12.3 Å². The largest absolute Gasteiger partial charge is 0.481 e. The summed E-state index contributed by atoms with van der Waals surface area (Å²) in [5.74, 6) is -0.273. The number of hydrogen-bond acceptors (Lipinski definition) is 4. The monoisotopic (exact) mass is 435 g/mol. The summed E-state index contributed by atoms with van der Waals surface area (Å²) in [6.45, 7) is 4.58. The number of rotatable bonds is 7. The van der Waals surface area contributed by atoms with Crippen LogP contribution in [-0.4, -0.2) is 25.6 Å². The van der Waals surface area contributed by atoms with Crippen LogP contribution in [0.2, 0.25) is 10.0 Å². The molecule has 0 aliphatic carbocycles. The zero-order valence-electron chi connectivity index (χ0n) is 15.4. The third kappa shape index (κ3) is 5.07. The van der Waals surface area contributed by atoms with Crippen molar-refractivity contribution >= 4 is 40.9 Å². The third-order valence-corrected chi connectivity index (χ3v) is 5.55. The second-order valence-electron chi connectivity index (χ2n) is 6.59. The van der Waals surface area contributed by atoms with Crippen molar-refractivity contribution in [2.75, 3.05) is 0 Å². The van der Waals surface area contributed by atoms with Gasteiger partial charge in [0.15, 0.2) is 0 Å². The van der Waals surface area contributed by atoms with Gasteiger partial charge in [0.25, 0.3) is 0 Å². The van der Waals surface area contributed by atoms with Crippen LogP contribution in [0.4, 0.5) is 0 Å². The molecule has 8 heteroatoms. The number of nitrogens with zero attached hydrogens (tertiary/aromatic N) is 3. The third-order valence-electron chi connectivity index (χ3n) is 4.02. The second kappa shape index (κ2) is 8.99. The highest BCUT2D eigenvalue weighted by Gasteiger charge is 2.22. The number of imidazole rings is 1. The molecule has 0 radical (unpaired) electrons. The lowest BCUT2D eigenvalue weighted by Gasteiger charge is -2.13. The molecule has 1 aromatic carbocycles. The fraction of sp³-hybridized carbons (Fsp3) is 0.250. The number of carboxylic acid groups (broad SMARTS) is 1. The topological polar surface area (TPSA) is 68.0 Å². The molecule has 0 unspecified atom stereocenters. The Morgan fingerprint density at radius 3 is 2.39 bits per heavy atom. The van der Waals surface area contributed by atoms with Crippen LogP contribution in [0, 0.1) is 0 Å². The Kier molecular flexibility index (Phi) is 6.65. The zero-order valence-corrected chi connectivity index (χ0v) is 17.7. The molecule has 28 heavy (non-hydrogen) atoms. The Labute approximate surface area is 177 Å². The molecule has 0 aliphatic heterocycles. The van der Waals surface area contributed by atoms with E-state index in [9.17, 15) is 9.90 Å². The van der Waals surface area contributed by atoms with Crippen molar-refractivity contribution < 1.29 is 9.90 Å². The predicted octanol–water partition coefficient (Wildman–Crippen LogP) is 5.53. The maximum atomic E-state index is 11.4. The van der Waals surface area contributed by atoms with Crippen LogP contribution in [0.1, 0.15) is 36.8 Å². The minimum atomic E-state index is -0.918. The fourth-order valence-electron chi connectivity index (χ4n) is 2.79. The number of aromatic nitrogens is 3. The molecule has 2 aromatic heterocycles. The second-order valence-corrected chi connectivity index (χ2v) is 8.53. The van der Waals surface area contributed by atoms with Crippen molar-refractivity contribution in [1.29, 1.82) is 0 Å². The van der Waals surface area contributed by atoms with Crippen LogP contribution in [0.15, 0.2) is 52.6 Å². The molecule has 0 saturated heterocycles. The van der Waals surface area contributed by atoms with Crippen LogP contribution in [-0.2, 0) is 17.8 Å². The molecular weight excluding hydrogens is 417 g/mol. The van der Waals surface area contributed by atoms with Crippen molar-refractivity contribution in [3.05, 3.63) is 69.9 Å². The summed E-state index contributed by atoms with van der Waals surface area (Å²) in [6, 6.07) is 9.17. The summed E-state index contributed by atoms with van der Waals surface area (Å²) < 4.78 is 1.96. The van der Waals surface area contributed by atoms with Crippen molar-refractivity contribution in [2.24, 2.45) is 0 Å². The van der Waals surface area contributed by atoms with E-state index < -0.39 is 5.97 Å². The standard InChI is InChI=1S/C20H19Cl2N3O2S/c1-12(2)19-20(28-16-8-14(21)7-15(22)9-16)25(17(24-19)10-18(26)27)11-13-3-5-23-6-4-13/h3-9,12H,10-11H2,1-2H3,(H,26,27). The van der Waals surface area contributed by atoms with Gasteiger partial charge in [-0.1, -0.05) is 48.8 Å². The van der Waals surface area contributed by atoms with Gasteiger partial charge in [0.1, 0.15) is 17.3 Å². The fourth-order valence-corrected chi connectivity index (χ4v) is 4.71. The van der Waals surface area contributed by atoms with Crippen molar-refractivity contribution in [2.45, 2.75) is 42.7 Å². The average Bonchev–Trinajstić information content (AvgIpc) is 2.92. The Hall–Kier alpha value is -2.02. The molecule has 0 amide bonds. The first-order valence-corrected chi connectivity index (χ1v) is 10.2. The maximum absolute atomic E-state index is 11.4. The molecular formula is C20H19Cl2N3O2S. The number of pyridine rings is 1. The normalized spacial score (nSPS) is 11.2. The van der Waals surface area contributed by atoms with E-state index in [1.54, 1.807) is 18.5 Å². The van der Waals surface area contributed by atoms with E-state index in [2.05, 4.69) is 9.97 Å². The molecule has 1 N–H and O–H groups in total. The molecule has 146 valence electrons. The highest BCUT2D eigenvalue weighted by Crippen LogP contribution is 2.37. The molecule has 5 nitrogen and oxygen atoms in total. The molecule has 0 bridgehead atoms. The number of carboxylic acids is 1. The van der Waals surface area contributed by atoms with Gasteiger partial charge in [-0.15, -0.1) is 0 Å². The van der Waals surface area contributed by atoms with Crippen LogP contribution in [0.5, 0.6) is 0 Å². The summed E-state index contributed by atoms with van der Waals surface area (Å²) in [5, 5.41) is 11.3. The first-order chi connectivity index (χ1) is 13.3. The summed E-state index contributed by atoms with van der Waals surface area (Å²) in [6.07, 6.45) is 3.29. The minimum absolute atomic E-state index is 0.128. The van der Waals surface area contributed by atoms with Gasteiger partial charge in [-0.3, -0.25) is 9.78 Å². The van der Waals surface area contributed by atoms with E-state index in [4.69, 9.17) is 23.2 Å². The van der Waals surface area contributed by atoms with E-state index in [1.165, 1.54) is 11.8 Å². The first-order valence-electron chi connectivity index (χ1n) is 8.67. The van der Waals surface area contributed by atoms with Gasteiger partial charge >= 0.3 is 5.97 Å². The van der Waals surface area contributed by atoms with Crippen LogP contribution in [0.3, 0.4) is 0 Å². The van der Waals surface area contributed by atoms with Crippen molar-refractivity contribution in [1.82, 2.24) is 14.5 Å². The van der Waals surface area contributed by atoms with Gasteiger partial charge in [0.05, 0.1) is 5.69 Å². The Bertz CT molecular complexity index is 970. The summed E-state index contributed by atoms with van der Waals surface area (Å²) in [7, 11) is 0. The van der Waals surface area contributed by atoms with Gasteiger partial charge in [0, 0.05) is 33.9 Å². The molecule has 2 heterocycles. The minimum Gasteiger partial charge on any atom is -0.481 e. The van der Waals surface area contributed by atoms with Crippen LogP contribution < -0.4 is 0 Å². The maximum Gasteiger partial charge on any atom is 0.311 e. The summed E-state index contributed by atoms with van der Waals surface area (Å²) in [5.41, 5.74) is 1.87. The number of carbonyl (C=O) groups is 1. The smallest absolute Gasteiger partial charge is 0.311 e. The highest BCUT2D eigenvalue weighted by atomic mass is 35.5. The molecule has 3 aromatic rings. The Morgan fingerprint density at radius 1 is 1.18 bits per heavy atom. The first kappa shape index (κ1) is 20.7. The highest BCUT2D eigenvalue weighted by molar-refractivity contribution is 7.99. The van der Waals surface area contributed by atoms with Gasteiger partial charge < -0.3 is 9.67 Å². The van der Waals surface area contributed by atoms with E-state index in [0.29, 0.717) is 22.4 Å². The molecule has 0 atom stereocenters. The molecule has 0 spiro atoms. The lowest BCUT2D eigenvalue weighted by atomic mass is 10.1. The molecule has 0 aliphatic rings. The lowest BCUT2D eigenvalue weighted by Crippen LogP contribution is -2.11. The number of hydrogen-bond donors (Lipinski definition) is 1. The number of aliphatic carboxylic acids is 1. The van der Waals surface area contributed by atoms with E-state index >= 15 is 0 Å². The predicted molar refractivity (Wildman–Crippen MR) is 112 cm³/mol. The lowest BCUT2D eigenvalue weighted by molar-refractivity contribution is -0.136. The SMILES string of the molecule is CC(C)c1nc(CC(=O)O)n(Cc2ccncc2)c1Sc1cc(Cl)cc(Cl)c1. The average molecular weight is 436 g/mol. The Balaban J connectivity index is 2.11. The van der Waals surface area contributed by atoms with Gasteiger partial charge in [0.2, 0.25) is 0 Å². The zero-order chi connectivity index (χ0) is 20.3. The van der Waals surface area contributed by atoms with Gasteiger partial charge in [-0.05, 0) is 41.8 Å². The molecule has 0 saturated carbocycles. The molecule has 0 fully saturated rings. The summed E-state index contributed by atoms with van der Waals surface area (Å²) >= 11 is 13.8. The Morgan fingerprint density at radius 2 is 1.82 bits per heavy atom. The van der Waals surface area contributed by atoms with Gasteiger partial charge in [-0.2, -0.15) is 0 Å². The van der Waals surface area contributed by atoms with Crippen LogP contribution >= 0.6 is 35.0 Å². The summed E-state index contributed by atoms with van der Waals surface area (Å²) in [4.78, 5) is 21.0. The quantitative estimate of drug-likeness (QED) is 0.527. The van der Waals surface area contributed by atoms with Gasteiger partial charge in [-0.25, -0.2) is 4.98 Å². The van der Waals surface area contributed by atoms with Crippen LogP contribution in [0.25, 0.3) is 0 Å². The van der Waals surface area contributed by atoms with E-state index in [0.717, 1.165) is 21.2 Å². The van der Waals surface area contributed by atoms with Crippen molar-refractivity contribution in [3.8, 4) is 0 Å². The molecule has 3 rings (SSSR count). The van der Waals surface area contributed by atoms with E-state index in [1.807, 2.05) is 42.7 Å². The van der Waals surface area contributed by atoms with Crippen molar-refractivity contribution in [3.63, 3.8) is 0 Å². The number of halogens is 2. The number of benzene rings is 1.